The van der Waals surface area contributed by atoms with E-state index < -0.39 is 6.61 Å². The first-order chi connectivity index (χ1) is 9.93. The summed E-state index contributed by atoms with van der Waals surface area (Å²) < 4.78 is 28.9. The molecule has 21 heavy (non-hydrogen) atoms. The van der Waals surface area contributed by atoms with Gasteiger partial charge in [-0.2, -0.15) is 14.0 Å². The van der Waals surface area contributed by atoms with Gasteiger partial charge >= 0.3 is 6.61 Å². The number of carbonyl (C=O) groups is 1. The van der Waals surface area contributed by atoms with Crippen molar-refractivity contribution in [3.63, 3.8) is 0 Å². The van der Waals surface area contributed by atoms with E-state index in [1.807, 2.05) is 6.07 Å². The first-order valence-electron chi connectivity index (χ1n) is 6.30. The van der Waals surface area contributed by atoms with Crippen LogP contribution in [-0.2, 0) is 4.79 Å². The third-order valence-electron chi connectivity index (χ3n) is 2.68. The average molecular weight is 294 g/mol. The summed E-state index contributed by atoms with van der Waals surface area (Å²) >= 11 is 0. The number of amides is 1. The van der Waals surface area contributed by atoms with Crippen LogP contribution in [0.1, 0.15) is 12.5 Å². The highest BCUT2D eigenvalue weighted by Gasteiger charge is 2.10. The van der Waals surface area contributed by atoms with Crippen molar-refractivity contribution in [1.29, 1.82) is 5.26 Å². The molecule has 0 radical (unpaired) electrons. The number of halogens is 2. The van der Waals surface area contributed by atoms with E-state index in [0.29, 0.717) is 12.1 Å². The average Bonchev–Trinajstić information content (AvgIpc) is 2.45. The Morgan fingerprint density at radius 3 is 2.76 bits per heavy atom. The van der Waals surface area contributed by atoms with Crippen molar-refractivity contribution in [2.45, 2.75) is 13.5 Å². The minimum Gasteiger partial charge on any atom is -0.434 e. The Morgan fingerprint density at radius 1 is 1.48 bits per heavy atom. The van der Waals surface area contributed by atoms with Crippen molar-refractivity contribution in [3.8, 4) is 11.8 Å². The van der Waals surface area contributed by atoms with Crippen LogP contribution in [0.4, 0.5) is 8.78 Å². The third-order valence-corrected chi connectivity index (χ3v) is 2.68. The highest BCUT2D eigenvalue weighted by molar-refractivity contribution is 5.92. The predicted molar refractivity (Wildman–Crippen MR) is 74.5 cm³/mol. The molecule has 0 spiro atoms. The molecule has 112 valence electrons. The van der Waals surface area contributed by atoms with Crippen LogP contribution < -0.4 is 4.74 Å². The zero-order chi connectivity index (χ0) is 15.8. The maximum Gasteiger partial charge on any atom is 0.387 e. The molecule has 0 bridgehead atoms. The molecule has 0 saturated heterocycles. The minimum absolute atomic E-state index is 0.00426. The second-order valence-corrected chi connectivity index (χ2v) is 4.50. The Bertz CT molecular complexity index is 553. The van der Waals surface area contributed by atoms with Gasteiger partial charge in [0.25, 0.3) is 0 Å². The van der Waals surface area contributed by atoms with E-state index in [0.717, 1.165) is 0 Å². The molecule has 0 fully saturated rings. The zero-order valence-electron chi connectivity index (χ0n) is 11.8. The molecule has 1 atom stereocenters. The molecule has 0 N–H and O–H groups in total. The van der Waals surface area contributed by atoms with E-state index in [1.165, 1.54) is 23.1 Å². The highest BCUT2D eigenvalue weighted by Crippen LogP contribution is 2.21. The number of ether oxygens (including phenoxy) is 1. The van der Waals surface area contributed by atoms with Crippen LogP contribution in [0.15, 0.2) is 30.3 Å². The molecule has 0 unspecified atom stereocenters. The van der Waals surface area contributed by atoms with Crippen LogP contribution in [0.3, 0.4) is 0 Å². The van der Waals surface area contributed by atoms with E-state index >= 15 is 0 Å². The number of likely N-dealkylation sites (N-methyl/N-ethyl adjacent to an activating group) is 1. The quantitative estimate of drug-likeness (QED) is 0.758. The van der Waals surface area contributed by atoms with Gasteiger partial charge < -0.3 is 9.64 Å². The largest absolute Gasteiger partial charge is 0.434 e. The molecule has 6 heteroatoms. The number of para-hydroxylation sites is 1. The summed E-state index contributed by atoms with van der Waals surface area (Å²) in [5.41, 5.74) is 0.382. The van der Waals surface area contributed by atoms with Gasteiger partial charge in [-0.05, 0) is 19.1 Å². The molecule has 4 nitrogen and oxygen atoms in total. The second-order valence-electron chi connectivity index (χ2n) is 4.50. The van der Waals surface area contributed by atoms with Crippen molar-refractivity contribution in [2.75, 3.05) is 13.6 Å². The summed E-state index contributed by atoms with van der Waals surface area (Å²) in [6.07, 6.45) is 2.67. The summed E-state index contributed by atoms with van der Waals surface area (Å²) in [6, 6.07) is 8.23. The maximum absolute atomic E-state index is 12.3. The van der Waals surface area contributed by atoms with Crippen molar-refractivity contribution in [1.82, 2.24) is 4.90 Å². The lowest BCUT2D eigenvalue weighted by atomic mass is 10.1. The van der Waals surface area contributed by atoms with Crippen LogP contribution in [0, 0.1) is 17.2 Å². The van der Waals surface area contributed by atoms with Gasteiger partial charge in [0, 0.05) is 25.2 Å². The predicted octanol–water partition coefficient (Wildman–Crippen LogP) is 2.92. The van der Waals surface area contributed by atoms with Crippen LogP contribution >= 0.6 is 0 Å². The highest BCUT2D eigenvalue weighted by atomic mass is 19.3. The standard InChI is InChI=1S/C15H16F2N2O2/c1-11(9-18)10-19(2)14(20)8-7-12-5-3-4-6-13(12)21-15(16)17/h3-8,11,15H,10H2,1-2H3/b8-7+/t11-/m1/s1. The topological polar surface area (TPSA) is 53.3 Å². The van der Waals surface area contributed by atoms with Gasteiger partial charge in [0.1, 0.15) is 5.75 Å². The molecule has 0 aliphatic carbocycles. The molecule has 1 amide bonds. The lowest BCUT2D eigenvalue weighted by molar-refractivity contribution is -0.125. The fourth-order valence-corrected chi connectivity index (χ4v) is 1.65. The molecule has 1 aromatic rings. The van der Waals surface area contributed by atoms with E-state index in [1.54, 1.807) is 32.2 Å². The van der Waals surface area contributed by atoms with Crippen molar-refractivity contribution in [2.24, 2.45) is 5.92 Å². The number of rotatable bonds is 6. The number of carbonyl (C=O) groups excluding carboxylic acids is 1. The number of benzene rings is 1. The summed E-state index contributed by atoms with van der Waals surface area (Å²) in [6.45, 7) is -0.914. The Labute approximate surface area is 122 Å². The first-order valence-corrected chi connectivity index (χ1v) is 6.30. The normalized spacial score (nSPS) is 12.2. The van der Waals surface area contributed by atoms with Crippen LogP contribution in [0.2, 0.25) is 0 Å². The molecule has 0 aliphatic heterocycles. The Kier molecular flexibility index (Phi) is 6.34. The molecule has 0 saturated carbocycles. The van der Waals surface area contributed by atoms with Crippen LogP contribution in [-0.4, -0.2) is 31.0 Å². The second kappa shape index (κ2) is 8.00. The van der Waals surface area contributed by atoms with Gasteiger partial charge in [-0.1, -0.05) is 18.2 Å². The van der Waals surface area contributed by atoms with Gasteiger partial charge in [-0.25, -0.2) is 0 Å². The third kappa shape index (κ3) is 5.61. The van der Waals surface area contributed by atoms with E-state index in [2.05, 4.69) is 4.74 Å². The summed E-state index contributed by atoms with van der Waals surface area (Å²) in [5.74, 6) is -0.588. The Balaban J connectivity index is 2.76. The van der Waals surface area contributed by atoms with Crippen molar-refractivity contribution in [3.05, 3.63) is 35.9 Å². The summed E-state index contributed by atoms with van der Waals surface area (Å²) in [5, 5.41) is 8.70. The van der Waals surface area contributed by atoms with Gasteiger partial charge in [-0.3, -0.25) is 4.79 Å². The smallest absolute Gasteiger partial charge is 0.387 e. The summed E-state index contributed by atoms with van der Waals surface area (Å²) in [4.78, 5) is 13.2. The minimum atomic E-state index is -2.92. The molecular formula is C15H16F2N2O2. The number of nitrogens with zero attached hydrogens (tertiary/aromatic N) is 2. The lowest BCUT2D eigenvalue weighted by Crippen LogP contribution is -2.29. The number of hydrogen-bond acceptors (Lipinski definition) is 3. The van der Waals surface area contributed by atoms with E-state index in [4.69, 9.17) is 5.26 Å². The molecule has 0 heterocycles. The van der Waals surface area contributed by atoms with E-state index in [9.17, 15) is 13.6 Å². The lowest BCUT2D eigenvalue weighted by Gasteiger charge is -2.16. The monoisotopic (exact) mass is 294 g/mol. The van der Waals surface area contributed by atoms with Crippen LogP contribution in [0.5, 0.6) is 5.75 Å². The van der Waals surface area contributed by atoms with Gasteiger partial charge in [0.15, 0.2) is 0 Å². The van der Waals surface area contributed by atoms with Crippen molar-refractivity contribution >= 4 is 12.0 Å². The van der Waals surface area contributed by atoms with Gasteiger partial charge in [0.05, 0.1) is 12.0 Å². The summed E-state index contributed by atoms with van der Waals surface area (Å²) in [7, 11) is 1.57. The number of nitriles is 1. The van der Waals surface area contributed by atoms with Gasteiger partial charge in [0.2, 0.25) is 5.91 Å². The number of hydrogen-bond donors (Lipinski definition) is 0. The van der Waals surface area contributed by atoms with E-state index in [-0.39, 0.29) is 17.6 Å². The first kappa shape index (κ1) is 16.6. The van der Waals surface area contributed by atoms with Gasteiger partial charge in [-0.15, -0.1) is 0 Å². The molecule has 1 rings (SSSR count). The molecular weight excluding hydrogens is 278 g/mol. The van der Waals surface area contributed by atoms with Crippen LogP contribution in [0.25, 0.3) is 6.08 Å². The van der Waals surface area contributed by atoms with Crippen molar-refractivity contribution < 1.29 is 18.3 Å². The Morgan fingerprint density at radius 2 is 2.14 bits per heavy atom. The zero-order valence-corrected chi connectivity index (χ0v) is 11.8. The maximum atomic E-state index is 12.3. The SMILES string of the molecule is C[C@H](C#N)CN(C)C(=O)/C=C/c1ccccc1OC(F)F. The number of alkyl halides is 2. The fourth-order valence-electron chi connectivity index (χ4n) is 1.65. The Hall–Kier alpha value is -2.42. The molecule has 1 aromatic carbocycles. The molecule has 0 aromatic heterocycles. The fraction of sp³-hybridized carbons (Fsp3) is 0.333. The molecule has 0 aliphatic rings.